The van der Waals surface area contributed by atoms with Gasteiger partial charge in [-0.1, -0.05) is 29.8 Å². The SMILES string of the molecule is O=C(NCc1ccnc(N2CCCC2)c1)c1sc2ccccc2c1Cl. The predicted octanol–water partition coefficient (Wildman–Crippen LogP) is 4.48. The van der Waals surface area contributed by atoms with Crippen molar-refractivity contribution in [2.24, 2.45) is 0 Å². The second-order valence-corrected chi connectivity index (χ2v) is 7.57. The van der Waals surface area contributed by atoms with Crippen molar-refractivity contribution in [2.45, 2.75) is 19.4 Å². The Morgan fingerprint density at radius 1 is 1.24 bits per heavy atom. The third-order valence-corrected chi connectivity index (χ3v) is 6.11. The van der Waals surface area contributed by atoms with Crippen LogP contribution in [0, 0.1) is 0 Å². The maximum Gasteiger partial charge on any atom is 0.263 e. The second kappa shape index (κ2) is 7.02. The maximum atomic E-state index is 12.5. The number of benzene rings is 1. The highest BCUT2D eigenvalue weighted by Crippen LogP contribution is 2.35. The number of aromatic nitrogens is 1. The summed E-state index contributed by atoms with van der Waals surface area (Å²) in [6.45, 7) is 2.58. The Morgan fingerprint density at radius 2 is 2.04 bits per heavy atom. The van der Waals surface area contributed by atoms with Crippen molar-refractivity contribution in [1.29, 1.82) is 0 Å². The number of carbonyl (C=O) groups excluding carboxylic acids is 1. The van der Waals surface area contributed by atoms with Gasteiger partial charge in [-0.15, -0.1) is 11.3 Å². The van der Waals surface area contributed by atoms with E-state index < -0.39 is 0 Å². The zero-order valence-corrected chi connectivity index (χ0v) is 15.2. The van der Waals surface area contributed by atoms with Gasteiger partial charge in [0.1, 0.15) is 10.7 Å². The molecule has 1 aromatic carbocycles. The van der Waals surface area contributed by atoms with Crippen LogP contribution in [0.25, 0.3) is 10.1 Å². The van der Waals surface area contributed by atoms with Gasteiger partial charge in [0.05, 0.1) is 5.02 Å². The Kier molecular flexibility index (Phi) is 4.59. The Morgan fingerprint density at radius 3 is 2.84 bits per heavy atom. The van der Waals surface area contributed by atoms with E-state index in [-0.39, 0.29) is 5.91 Å². The molecule has 0 spiro atoms. The van der Waals surface area contributed by atoms with Gasteiger partial charge in [-0.2, -0.15) is 0 Å². The number of rotatable bonds is 4. The lowest BCUT2D eigenvalue weighted by Crippen LogP contribution is -2.23. The lowest BCUT2D eigenvalue weighted by molar-refractivity contribution is 0.0955. The van der Waals surface area contributed by atoms with Gasteiger partial charge in [0.15, 0.2) is 0 Å². The summed E-state index contributed by atoms with van der Waals surface area (Å²) in [5, 5.41) is 4.44. The van der Waals surface area contributed by atoms with Gasteiger partial charge in [-0.3, -0.25) is 4.79 Å². The minimum absolute atomic E-state index is 0.134. The summed E-state index contributed by atoms with van der Waals surface area (Å²) in [7, 11) is 0. The lowest BCUT2D eigenvalue weighted by Gasteiger charge is -2.16. The van der Waals surface area contributed by atoms with Gasteiger partial charge in [0.25, 0.3) is 5.91 Å². The molecule has 6 heteroatoms. The van der Waals surface area contributed by atoms with E-state index in [1.54, 1.807) is 0 Å². The van der Waals surface area contributed by atoms with Crippen LogP contribution in [0.1, 0.15) is 28.1 Å². The van der Waals surface area contributed by atoms with Gasteiger partial charge in [-0.05, 0) is 36.6 Å². The smallest absolute Gasteiger partial charge is 0.263 e. The molecule has 0 radical (unpaired) electrons. The highest BCUT2D eigenvalue weighted by Gasteiger charge is 2.17. The third kappa shape index (κ3) is 3.34. The average molecular weight is 372 g/mol. The minimum Gasteiger partial charge on any atom is -0.357 e. The number of hydrogen-bond acceptors (Lipinski definition) is 4. The summed E-state index contributed by atoms with van der Waals surface area (Å²) < 4.78 is 1.03. The number of thiophene rings is 1. The fourth-order valence-corrected chi connectivity index (χ4v) is 4.55. The number of amides is 1. The molecule has 128 valence electrons. The number of hydrogen-bond donors (Lipinski definition) is 1. The van der Waals surface area contributed by atoms with E-state index in [0.717, 1.165) is 34.6 Å². The van der Waals surface area contributed by atoms with Crippen LogP contribution in [0.15, 0.2) is 42.6 Å². The normalized spacial score (nSPS) is 14.2. The minimum atomic E-state index is -0.134. The first kappa shape index (κ1) is 16.4. The first-order valence-electron chi connectivity index (χ1n) is 8.37. The van der Waals surface area contributed by atoms with Crippen LogP contribution in [-0.4, -0.2) is 24.0 Å². The highest BCUT2D eigenvalue weighted by atomic mass is 35.5. The van der Waals surface area contributed by atoms with Crippen molar-refractivity contribution in [2.75, 3.05) is 18.0 Å². The van der Waals surface area contributed by atoms with E-state index in [0.29, 0.717) is 16.4 Å². The highest BCUT2D eigenvalue weighted by molar-refractivity contribution is 7.21. The van der Waals surface area contributed by atoms with Crippen LogP contribution in [0.3, 0.4) is 0 Å². The van der Waals surface area contributed by atoms with Crippen LogP contribution >= 0.6 is 22.9 Å². The Hall–Kier alpha value is -2.11. The van der Waals surface area contributed by atoms with E-state index in [9.17, 15) is 4.79 Å². The van der Waals surface area contributed by atoms with Crippen LogP contribution in [0.5, 0.6) is 0 Å². The predicted molar refractivity (Wildman–Crippen MR) is 104 cm³/mol. The standard InChI is InChI=1S/C19H18ClN3OS/c20-17-14-5-1-2-6-15(14)25-18(17)19(24)22-12-13-7-8-21-16(11-13)23-9-3-4-10-23/h1-2,5-8,11H,3-4,9-10,12H2,(H,22,24). The maximum absolute atomic E-state index is 12.5. The van der Waals surface area contributed by atoms with Crippen LogP contribution in [0.4, 0.5) is 5.82 Å². The Labute approximate surface area is 155 Å². The Balaban J connectivity index is 1.48. The van der Waals surface area contributed by atoms with E-state index in [1.165, 1.54) is 24.2 Å². The van der Waals surface area contributed by atoms with Crippen molar-refractivity contribution < 1.29 is 4.79 Å². The Bertz CT molecular complexity index is 918. The van der Waals surface area contributed by atoms with E-state index in [2.05, 4.69) is 21.3 Å². The van der Waals surface area contributed by atoms with Crippen molar-refractivity contribution in [1.82, 2.24) is 10.3 Å². The largest absolute Gasteiger partial charge is 0.357 e. The summed E-state index contributed by atoms with van der Waals surface area (Å²) in [4.78, 5) is 19.8. The summed E-state index contributed by atoms with van der Waals surface area (Å²) in [5.74, 6) is 0.856. The molecule has 3 heterocycles. The average Bonchev–Trinajstić information content (AvgIpc) is 3.29. The monoisotopic (exact) mass is 371 g/mol. The molecule has 3 aromatic rings. The topological polar surface area (TPSA) is 45.2 Å². The third-order valence-electron chi connectivity index (χ3n) is 4.43. The van der Waals surface area contributed by atoms with Gasteiger partial charge >= 0.3 is 0 Å². The van der Waals surface area contributed by atoms with Crippen molar-refractivity contribution in [3.8, 4) is 0 Å². The molecule has 1 amide bonds. The summed E-state index contributed by atoms with van der Waals surface area (Å²) in [6, 6.07) is 11.8. The molecule has 1 saturated heterocycles. The lowest BCUT2D eigenvalue weighted by atomic mass is 10.2. The molecule has 1 aliphatic heterocycles. The van der Waals surface area contributed by atoms with Gasteiger partial charge in [-0.25, -0.2) is 4.98 Å². The molecule has 4 nitrogen and oxygen atoms in total. The first-order chi connectivity index (χ1) is 12.2. The number of carbonyl (C=O) groups is 1. The molecule has 0 aliphatic carbocycles. The summed E-state index contributed by atoms with van der Waals surface area (Å²) in [5.41, 5.74) is 1.04. The van der Waals surface area contributed by atoms with E-state index in [1.807, 2.05) is 36.5 Å². The molecule has 2 aromatic heterocycles. The molecule has 0 saturated carbocycles. The van der Waals surface area contributed by atoms with Gasteiger partial charge in [0, 0.05) is 35.9 Å². The van der Waals surface area contributed by atoms with Crippen molar-refractivity contribution in [3.63, 3.8) is 0 Å². The molecule has 0 bridgehead atoms. The number of nitrogens with one attached hydrogen (secondary N) is 1. The number of pyridine rings is 1. The molecular weight excluding hydrogens is 354 g/mol. The molecule has 25 heavy (non-hydrogen) atoms. The number of halogens is 1. The van der Waals surface area contributed by atoms with E-state index in [4.69, 9.17) is 11.6 Å². The van der Waals surface area contributed by atoms with Crippen molar-refractivity contribution >= 4 is 44.7 Å². The molecular formula is C19H18ClN3OS. The fraction of sp³-hybridized carbons (Fsp3) is 0.263. The zero-order chi connectivity index (χ0) is 17.2. The molecule has 1 fully saturated rings. The number of anilines is 1. The van der Waals surface area contributed by atoms with Crippen LogP contribution < -0.4 is 10.2 Å². The summed E-state index contributed by atoms with van der Waals surface area (Å²) in [6.07, 6.45) is 4.24. The van der Waals surface area contributed by atoms with E-state index >= 15 is 0 Å². The summed E-state index contributed by atoms with van der Waals surface area (Å²) >= 11 is 7.80. The molecule has 4 rings (SSSR count). The van der Waals surface area contributed by atoms with Gasteiger partial charge in [0.2, 0.25) is 0 Å². The second-order valence-electron chi connectivity index (χ2n) is 6.14. The van der Waals surface area contributed by atoms with Gasteiger partial charge < -0.3 is 10.2 Å². The van der Waals surface area contributed by atoms with Crippen LogP contribution in [-0.2, 0) is 6.54 Å². The molecule has 0 unspecified atom stereocenters. The van der Waals surface area contributed by atoms with Crippen LogP contribution in [0.2, 0.25) is 5.02 Å². The number of fused-ring (bicyclic) bond motifs is 1. The molecule has 1 N–H and O–H groups in total. The number of nitrogens with zero attached hydrogens (tertiary/aromatic N) is 2. The molecule has 1 aliphatic rings. The first-order valence-corrected chi connectivity index (χ1v) is 9.57. The zero-order valence-electron chi connectivity index (χ0n) is 13.7. The fourth-order valence-electron chi connectivity index (χ4n) is 3.11. The van der Waals surface area contributed by atoms with Crippen molar-refractivity contribution in [3.05, 3.63) is 58.1 Å². The molecule has 0 atom stereocenters. The quantitative estimate of drug-likeness (QED) is 0.735.